The van der Waals surface area contributed by atoms with Gasteiger partial charge in [-0.1, -0.05) is 30.3 Å². The molecule has 0 saturated carbocycles. The first-order chi connectivity index (χ1) is 12.7. The Kier molecular flexibility index (Phi) is 4.18. The van der Waals surface area contributed by atoms with E-state index < -0.39 is 0 Å². The molecule has 3 aromatic heterocycles. The Labute approximate surface area is 148 Å². The van der Waals surface area contributed by atoms with Crippen LogP contribution in [0.2, 0.25) is 0 Å². The van der Waals surface area contributed by atoms with Crippen molar-refractivity contribution in [3.05, 3.63) is 77.0 Å². The quantitative estimate of drug-likeness (QED) is 0.592. The Bertz CT molecular complexity index is 1130. The molecule has 3 heterocycles. The van der Waals surface area contributed by atoms with Crippen molar-refractivity contribution in [1.29, 1.82) is 0 Å². The summed E-state index contributed by atoms with van der Waals surface area (Å²) in [6.45, 7) is 0.501. The van der Waals surface area contributed by atoms with Crippen molar-refractivity contribution in [3.63, 3.8) is 0 Å². The van der Waals surface area contributed by atoms with Crippen LogP contribution in [0.3, 0.4) is 0 Å². The second kappa shape index (κ2) is 6.79. The second-order valence-electron chi connectivity index (χ2n) is 5.99. The third-order valence-electron chi connectivity index (χ3n) is 4.25. The lowest BCUT2D eigenvalue weighted by atomic mass is 10.1. The molecule has 0 aliphatic rings. The maximum atomic E-state index is 12.6. The molecule has 0 aliphatic carbocycles. The topological polar surface area (TPSA) is 81.3 Å². The molecule has 0 fully saturated rings. The van der Waals surface area contributed by atoms with Gasteiger partial charge in [-0.05, 0) is 18.1 Å². The molecule has 130 valence electrons. The zero-order valence-electron chi connectivity index (χ0n) is 14.0. The summed E-state index contributed by atoms with van der Waals surface area (Å²) in [4.78, 5) is 29.0. The molecule has 1 amide bonds. The van der Waals surface area contributed by atoms with Gasteiger partial charge < -0.3 is 9.88 Å². The summed E-state index contributed by atoms with van der Waals surface area (Å²) in [6, 6.07) is 13.5. The van der Waals surface area contributed by atoms with Gasteiger partial charge in [0.05, 0.1) is 17.1 Å². The van der Waals surface area contributed by atoms with E-state index in [0.29, 0.717) is 23.1 Å². The Morgan fingerprint density at radius 1 is 1.12 bits per heavy atom. The van der Waals surface area contributed by atoms with E-state index in [1.54, 1.807) is 29.0 Å². The number of carbonyl (C=O) groups is 1. The highest BCUT2D eigenvalue weighted by Crippen LogP contribution is 2.10. The van der Waals surface area contributed by atoms with Gasteiger partial charge in [0, 0.05) is 25.0 Å². The van der Waals surface area contributed by atoms with E-state index in [0.717, 1.165) is 12.0 Å². The van der Waals surface area contributed by atoms with Gasteiger partial charge in [-0.25, -0.2) is 9.50 Å². The number of benzene rings is 1. The maximum Gasteiger partial charge on any atom is 0.262 e. The minimum atomic E-state index is -0.259. The summed E-state index contributed by atoms with van der Waals surface area (Å²) in [6.07, 6.45) is 5.52. The largest absolute Gasteiger partial charge is 0.354 e. The van der Waals surface area contributed by atoms with Crippen LogP contribution < -0.4 is 10.9 Å². The molecule has 7 nitrogen and oxygen atoms in total. The predicted molar refractivity (Wildman–Crippen MR) is 97.9 cm³/mol. The van der Waals surface area contributed by atoms with Crippen molar-refractivity contribution >= 4 is 22.5 Å². The summed E-state index contributed by atoms with van der Waals surface area (Å²) >= 11 is 0. The SMILES string of the molecule is O=C(Cn1ccc2c(cnc3ccnn32)c1=O)NCCc1ccccc1. The number of carbonyl (C=O) groups excluding carboxylic acids is 1. The fourth-order valence-corrected chi connectivity index (χ4v) is 2.92. The molecule has 0 saturated heterocycles. The fourth-order valence-electron chi connectivity index (χ4n) is 2.92. The molecule has 0 atom stereocenters. The van der Waals surface area contributed by atoms with Gasteiger partial charge in [-0.15, -0.1) is 0 Å². The van der Waals surface area contributed by atoms with E-state index in [1.807, 2.05) is 30.3 Å². The number of pyridine rings is 1. The van der Waals surface area contributed by atoms with Crippen molar-refractivity contribution in [2.24, 2.45) is 0 Å². The van der Waals surface area contributed by atoms with Crippen LogP contribution in [0.1, 0.15) is 5.56 Å². The lowest BCUT2D eigenvalue weighted by Crippen LogP contribution is -2.33. The summed E-state index contributed by atoms with van der Waals surface area (Å²) in [5.41, 5.74) is 2.25. The van der Waals surface area contributed by atoms with Crippen LogP contribution in [0.25, 0.3) is 16.6 Å². The molecule has 1 aromatic carbocycles. The van der Waals surface area contributed by atoms with Crippen molar-refractivity contribution < 1.29 is 4.79 Å². The highest BCUT2D eigenvalue weighted by atomic mass is 16.2. The lowest BCUT2D eigenvalue weighted by molar-refractivity contribution is -0.121. The number of amides is 1. The second-order valence-corrected chi connectivity index (χ2v) is 5.99. The molecule has 26 heavy (non-hydrogen) atoms. The first-order valence-electron chi connectivity index (χ1n) is 8.35. The van der Waals surface area contributed by atoms with Gasteiger partial charge in [0.25, 0.3) is 5.56 Å². The summed E-state index contributed by atoms with van der Waals surface area (Å²) in [5, 5.41) is 7.45. The van der Waals surface area contributed by atoms with Gasteiger partial charge in [-0.3, -0.25) is 9.59 Å². The number of hydrogen-bond acceptors (Lipinski definition) is 4. The van der Waals surface area contributed by atoms with Gasteiger partial charge in [0.2, 0.25) is 5.91 Å². The molecule has 0 unspecified atom stereocenters. The normalized spacial score (nSPS) is 11.1. The number of nitrogens with one attached hydrogen (secondary N) is 1. The van der Waals surface area contributed by atoms with Gasteiger partial charge in [0.1, 0.15) is 6.54 Å². The lowest BCUT2D eigenvalue weighted by Gasteiger charge is -2.09. The molecule has 7 heteroatoms. The average Bonchev–Trinajstić information content (AvgIpc) is 3.14. The van der Waals surface area contributed by atoms with Gasteiger partial charge >= 0.3 is 0 Å². The summed E-state index contributed by atoms with van der Waals surface area (Å²) in [7, 11) is 0. The van der Waals surface area contributed by atoms with E-state index in [1.165, 1.54) is 10.8 Å². The Morgan fingerprint density at radius 2 is 1.96 bits per heavy atom. The molecule has 1 N–H and O–H groups in total. The van der Waals surface area contributed by atoms with Gasteiger partial charge in [-0.2, -0.15) is 5.10 Å². The smallest absolute Gasteiger partial charge is 0.262 e. The fraction of sp³-hybridized carbons (Fsp3) is 0.158. The van der Waals surface area contributed by atoms with E-state index in [9.17, 15) is 9.59 Å². The van der Waals surface area contributed by atoms with Crippen LogP contribution in [0, 0.1) is 0 Å². The molecule has 0 aliphatic heterocycles. The van der Waals surface area contributed by atoms with E-state index >= 15 is 0 Å². The third-order valence-corrected chi connectivity index (χ3v) is 4.25. The monoisotopic (exact) mass is 347 g/mol. The van der Waals surface area contributed by atoms with Crippen LogP contribution >= 0.6 is 0 Å². The van der Waals surface area contributed by atoms with E-state index in [2.05, 4.69) is 15.4 Å². The van der Waals surface area contributed by atoms with Gasteiger partial charge in [0.15, 0.2) is 5.65 Å². The van der Waals surface area contributed by atoms with Crippen LogP contribution in [-0.2, 0) is 17.8 Å². The number of nitrogens with zero attached hydrogens (tertiary/aromatic N) is 4. The number of fused-ring (bicyclic) bond motifs is 3. The zero-order chi connectivity index (χ0) is 17.9. The standard InChI is InChI=1S/C19H17N5O2/c25-18(20-9-6-14-4-2-1-3-5-14)13-23-11-8-16-15(19(23)26)12-21-17-7-10-22-24(16)17/h1-5,7-8,10-12H,6,9,13H2,(H,20,25). The van der Waals surface area contributed by atoms with Crippen LogP contribution in [0.15, 0.2) is 65.8 Å². The first-order valence-corrected chi connectivity index (χ1v) is 8.35. The Balaban J connectivity index is 1.48. The molecule has 0 bridgehead atoms. The molecule has 0 spiro atoms. The predicted octanol–water partition coefficient (Wildman–Crippen LogP) is 1.40. The molecule has 4 rings (SSSR count). The van der Waals surface area contributed by atoms with Crippen molar-refractivity contribution in [1.82, 2.24) is 24.5 Å². The number of hydrogen-bond donors (Lipinski definition) is 1. The molecule has 4 aromatic rings. The highest BCUT2D eigenvalue weighted by Gasteiger charge is 2.10. The van der Waals surface area contributed by atoms with Crippen molar-refractivity contribution in [2.45, 2.75) is 13.0 Å². The zero-order valence-corrected chi connectivity index (χ0v) is 14.0. The van der Waals surface area contributed by atoms with Crippen LogP contribution in [0.4, 0.5) is 0 Å². The Hall–Kier alpha value is -3.48. The molecular weight excluding hydrogens is 330 g/mol. The maximum absolute atomic E-state index is 12.6. The molecular formula is C19H17N5O2. The van der Waals surface area contributed by atoms with Crippen LogP contribution in [0.5, 0.6) is 0 Å². The first kappa shape index (κ1) is 16.0. The minimum absolute atomic E-state index is 0.0271. The third kappa shape index (κ3) is 3.06. The average molecular weight is 347 g/mol. The highest BCUT2D eigenvalue weighted by molar-refractivity contribution is 5.80. The van der Waals surface area contributed by atoms with Crippen molar-refractivity contribution in [2.75, 3.05) is 6.54 Å². The van der Waals surface area contributed by atoms with Crippen molar-refractivity contribution in [3.8, 4) is 0 Å². The van der Waals surface area contributed by atoms with Crippen LogP contribution in [-0.4, -0.2) is 31.6 Å². The number of rotatable bonds is 5. The van der Waals surface area contributed by atoms with E-state index in [-0.39, 0.29) is 18.0 Å². The summed E-state index contributed by atoms with van der Waals surface area (Å²) < 4.78 is 3.00. The molecule has 0 radical (unpaired) electrons. The number of aromatic nitrogens is 4. The minimum Gasteiger partial charge on any atom is -0.354 e. The summed E-state index contributed by atoms with van der Waals surface area (Å²) in [5.74, 6) is -0.199. The Morgan fingerprint density at radius 3 is 2.81 bits per heavy atom. The van der Waals surface area contributed by atoms with E-state index in [4.69, 9.17) is 0 Å².